The van der Waals surface area contributed by atoms with Crippen LogP contribution in [0.25, 0.3) is 0 Å². The number of nitrogens with zero attached hydrogens (tertiary/aromatic N) is 2. The monoisotopic (exact) mass is 925 g/mol. The van der Waals surface area contributed by atoms with Crippen molar-refractivity contribution in [2.45, 2.75) is 165 Å². The molecule has 0 aromatic heterocycles. The molecule has 16 heteroatoms. The molecule has 2 bridgehead atoms. The zero-order chi connectivity index (χ0) is 47.3. The number of hydrogen-bond donors (Lipinski definition) is 3. The minimum Gasteiger partial charge on any atom is -0.456 e. The molecule has 15 nitrogen and oxygen atoms in total. The largest absolute Gasteiger partial charge is 0.456 e. The highest BCUT2D eigenvalue weighted by Gasteiger charge is 2.56. The molecule has 0 spiro atoms. The van der Waals surface area contributed by atoms with Crippen LogP contribution in [-0.2, 0) is 47.6 Å². The summed E-state index contributed by atoms with van der Waals surface area (Å²) in [6, 6.07) is -1.16. The van der Waals surface area contributed by atoms with E-state index in [1.807, 2.05) is 51.9 Å². The molecule has 1 amide bonds. The van der Waals surface area contributed by atoms with E-state index in [9.17, 15) is 34.5 Å². The average Bonchev–Trinajstić information content (AvgIpc) is 3.27. The van der Waals surface area contributed by atoms with Crippen molar-refractivity contribution >= 4 is 35.2 Å². The first-order chi connectivity index (χ1) is 30.4. The molecule has 4 aliphatic rings. The fourth-order valence-electron chi connectivity index (χ4n) is 9.90. The summed E-state index contributed by atoms with van der Waals surface area (Å²) >= 11 is 1.84. The standard InChI is InChI=1S/C48H80N2O13S/c1-29-22-34(14-13-20-64-21-19-49(5)6)39(53)28-38(52)32(4)43(30(2)24-33-16-17-37(51)40(26-33)59-8)62-47(56)36-15-11-12-18-50(36)46(55)45(54)48(57)31(3)25-41(60-9)44(63-48)42(61-10)27-35(23-29)58-7/h22,24,31-38,40-44,51-52,57H,11-21,23,25-28H2,1-10H3/b29-22+,30-24+/t31-,32-,33+,34-,35+,36+,37-,38+,40-,41+,42+,43-,44+,48-/m1/s1. The van der Waals surface area contributed by atoms with Crippen molar-refractivity contribution < 1.29 is 62.9 Å². The lowest BCUT2D eigenvalue weighted by Gasteiger charge is -2.47. The zero-order valence-corrected chi connectivity index (χ0v) is 41.0. The second kappa shape index (κ2) is 25.8. The van der Waals surface area contributed by atoms with Gasteiger partial charge in [-0.15, -0.1) is 0 Å². The normalized spacial score (nSPS) is 38.0. The summed E-state index contributed by atoms with van der Waals surface area (Å²) in [5.41, 5.74) is 1.56. The van der Waals surface area contributed by atoms with E-state index in [0.717, 1.165) is 30.0 Å². The number of methoxy groups -OCH3 is 4. The molecule has 366 valence electrons. The molecule has 3 aliphatic heterocycles. The van der Waals surface area contributed by atoms with Gasteiger partial charge >= 0.3 is 5.97 Å². The summed E-state index contributed by atoms with van der Waals surface area (Å²) < 4.78 is 36.0. The van der Waals surface area contributed by atoms with Crippen molar-refractivity contribution in [3.05, 3.63) is 23.3 Å². The molecule has 14 atom stereocenters. The Balaban J connectivity index is 1.78. The van der Waals surface area contributed by atoms with E-state index in [1.54, 1.807) is 28.1 Å². The van der Waals surface area contributed by atoms with Gasteiger partial charge in [-0.05, 0) is 109 Å². The lowest BCUT2D eigenvalue weighted by Crippen LogP contribution is -2.64. The Bertz CT molecular complexity index is 1590. The van der Waals surface area contributed by atoms with Crippen LogP contribution in [-0.4, -0.2) is 176 Å². The molecule has 64 heavy (non-hydrogen) atoms. The Kier molecular flexibility index (Phi) is 21.9. The van der Waals surface area contributed by atoms with Crippen LogP contribution in [0.1, 0.15) is 105 Å². The molecule has 0 aromatic carbocycles. The maximum absolute atomic E-state index is 14.5. The second-order valence-electron chi connectivity index (χ2n) is 19.1. The molecule has 1 saturated carbocycles. The van der Waals surface area contributed by atoms with Crippen LogP contribution >= 0.6 is 11.8 Å². The van der Waals surface area contributed by atoms with Gasteiger partial charge in [0, 0.05) is 77.9 Å². The predicted octanol–water partition coefficient (Wildman–Crippen LogP) is 4.52. The number of thioether (sulfide) groups is 1. The number of carbonyl (C=O) groups is 4. The molecular formula is C48H80N2O13S. The van der Waals surface area contributed by atoms with Crippen LogP contribution in [0.4, 0.5) is 0 Å². The number of piperidine rings is 1. The van der Waals surface area contributed by atoms with Crippen molar-refractivity contribution in [3.8, 4) is 0 Å². The summed E-state index contributed by atoms with van der Waals surface area (Å²) in [7, 11) is 10.3. The maximum atomic E-state index is 14.5. The van der Waals surface area contributed by atoms with Gasteiger partial charge < -0.3 is 53.5 Å². The summed E-state index contributed by atoms with van der Waals surface area (Å²) in [6.45, 7) is 8.18. The lowest BCUT2D eigenvalue weighted by molar-refractivity contribution is -0.303. The van der Waals surface area contributed by atoms with Gasteiger partial charge in [0.25, 0.3) is 11.7 Å². The van der Waals surface area contributed by atoms with Gasteiger partial charge in [0.05, 0.1) is 36.6 Å². The van der Waals surface area contributed by atoms with E-state index < -0.39 is 90.0 Å². The van der Waals surface area contributed by atoms with Crippen LogP contribution in [0, 0.1) is 23.7 Å². The maximum Gasteiger partial charge on any atom is 0.329 e. The molecule has 0 unspecified atom stereocenters. The predicted molar refractivity (Wildman–Crippen MR) is 245 cm³/mol. The number of hydrogen-bond acceptors (Lipinski definition) is 15. The van der Waals surface area contributed by atoms with Gasteiger partial charge in [0.2, 0.25) is 5.79 Å². The number of fused-ring (bicyclic) bond motifs is 3. The van der Waals surface area contributed by atoms with Crippen molar-refractivity contribution in [2.75, 3.05) is 67.1 Å². The van der Waals surface area contributed by atoms with Crippen molar-refractivity contribution in [1.29, 1.82) is 0 Å². The second-order valence-corrected chi connectivity index (χ2v) is 20.3. The van der Waals surface area contributed by atoms with Crippen LogP contribution < -0.4 is 0 Å². The smallest absolute Gasteiger partial charge is 0.329 e. The number of amides is 1. The van der Waals surface area contributed by atoms with E-state index in [2.05, 4.69) is 4.90 Å². The summed E-state index contributed by atoms with van der Waals surface area (Å²) in [6.07, 6.45) is 3.21. The number of ketones is 2. The van der Waals surface area contributed by atoms with Crippen LogP contribution in [0.3, 0.4) is 0 Å². The molecule has 3 fully saturated rings. The molecule has 1 aliphatic carbocycles. The van der Waals surface area contributed by atoms with Crippen molar-refractivity contribution in [3.63, 3.8) is 0 Å². The molecule has 3 N–H and O–H groups in total. The molecule has 4 rings (SSSR count). The third kappa shape index (κ3) is 14.4. The summed E-state index contributed by atoms with van der Waals surface area (Å²) in [5.74, 6) is -5.96. The number of aliphatic hydroxyl groups is 3. The van der Waals surface area contributed by atoms with Gasteiger partial charge in [-0.1, -0.05) is 31.6 Å². The van der Waals surface area contributed by atoms with Gasteiger partial charge in [0.1, 0.15) is 24.0 Å². The molecule has 3 heterocycles. The van der Waals surface area contributed by atoms with E-state index in [-0.39, 0.29) is 50.0 Å². The number of rotatable bonds is 13. The number of Topliss-reactive ketones (excluding diaryl/α,β-unsaturated/α-hetero) is 2. The Morgan fingerprint density at radius 1 is 0.906 bits per heavy atom. The number of ether oxygens (including phenoxy) is 6. The highest BCUT2D eigenvalue weighted by Crippen LogP contribution is 2.39. The molecule has 0 aromatic rings. The first-order valence-electron chi connectivity index (χ1n) is 23.4. The topological polar surface area (TPSA) is 191 Å². The van der Waals surface area contributed by atoms with Gasteiger partial charge in [-0.25, -0.2) is 4.79 Å². The number of allylic oxidation sites excluding steroid dienone is 2. The fourth-order valence-corrected chi connectivity index (χ4v) is 11.0. The van der Waals surface area contributed by atoms with Crippen LogP contribution in [0.5, 0.6) is 0 Å². The summed E-state index contributed by atoms with van der Waals surface area (Å²) in [4.78, 5) is 60.9. The minimum atomic E-state index is -2.55. The Morgan fingerprint density at radius 2 is 1.59 bits per heavy atom. The Hall–Kier alpha value is -2.25. The van der Waals surface area contributed by atoms with E-state index >= 15 is 0 Å². The van der Waals surface area contributed by atoms with E-state index in [0.29, 0.717) is 50.5 Å². The van der Waals surface area contributed by atoms with Gasteiger partial charge in [0.15, 0.2) is 0 Å². The number of carbonyl (C=O) groups excluding carboxylic acids is 4. The van der Waals surface area contributed by atoms with E-state index in [4.69, 9.17) is 28.4 Å². The SMILES string of the molecule is CO[C@H]1C/C(C)=C/[C@@H](CCCSCCN(C)C)C(=O)C[C@H](O)[C@@H](C)[C@@H](/C(C)=C/[C@@H]2CC[C@@H](O)[C@H](OC)C2)OC(=O)[C@@H]2CCCCN2C(=O)C(=O)[C@]2(O)O[C@H]([C@@H](OC)C1)[C@@H](OC)C[C@H]2C. The third-order valence-electron chi connectivity index (χ3n) is 14.0. The highest BCUT2D eigenvalue weighted by molar-refractivity contribution is 7.99. The zero-order valence-electron chi connectivity index (χ0n) is 40.2. The molecular weight excluding hydrogens is 845 g/mol. The Morgan fingerprint density at radius 3 is 2.25 bits per heavy atom. The quantitative estimate of drug-likeness (QED) is 0.101. The average molecular weight is 925 g/mol. The van der Waals surface area contributed by atoms with Crippen LogP contribution in [0.15, 0.2) is 23.3 Å². The number of esters is 1. The number of cyclic esters (lactones) is 1. The Labute approximate surface area is 386 Å². The first-order valence-corrected chi connectivity index (χ1v) is 24.6. The molecule has 2 saturated heterocycles. The summed E-state index contributed by atoms with van der Waals surface area (Å²) in [5, 5.41) is 34.6. The van der Waals surface area contributed by atoms with Crippen molar-refractivity contribution in [1.82, 2.24) is 9.80 Å². The number of aliphatic hydroxyl groups excluding tert-OH is 2. The fraction of sp³-hybridized carbons (Fsp3) is 0.833. The minimum absolute atomic E-state index is 0.0185. The highest BCUT2D eigenvalue weighted by atomic mass is 32.2. The van der Waals surface area contributed by atoms with Crippen molar-refractivity contribution in [2.24, 2.45) is 23.7 Å². The third-order valence-corrected chi connectivity index (χ3v) is 15.1. The molecule has 0 radical (unpaired) electrons. The lowest BCUT2D eigenvalue weighted by atomic mass is 9.81. The van der Waals surface area contributed by atoms with E-state index in [1.165, 1.54) is 19.1 Å². The first kappa shape index (κ1) is 54.4. The van der Waals surface area contributed by atoms with Gasteiger partial charge in [-0.2, -0.15) is 11.8 Å². The van der Waals surface area contributed by atoms with Gasteiger partial charge in [-0.3, -0.25) is 14.4 Å². The van der Waals surface area contributed by atoms with Crippen LogP contribution in [0.2, 0.25) is 0 Å².